The van der Waals surface area contributed by atoms with Gasteiger partial charge in [0.15, 0.2) is 5.13 Å². The van der Waals surface area contributed by atoms with Gasteiger partial charge < -0.3 is 10.6 Å². The summed E-state index contributed by atoms with van der Waals surface area (Å²) in [6.45, 7) is 1.53. The van der Waals surface area contributed by atoms with E-state index >= 15 is 0 Å². The fourth-order valence-electron chi connectivity index (χ4n) is 3.29. The molecule has 1 aliphatic heterocycles. The second-order valence-corrected chi connectivity index (χ2v) is 7.06. The van der Waals surface area contributed by atoms with Crippen molar-refractivity contribution in [3.8, 4) is 5.69 Å². The predicted molar refractivity (Wildman–Crippen MR) is 99.0 cm³/mol. The van der Waals surface area contributed by atoms with Crippen molar-refractivity contribution >= 4 is 22.4 Å². The molecule has 0 radical (unpaired) electrons. The Morgan fingerprint density at radius 2 is 2.12 bits per heavy atom. The minimum atomic E-state index is -0.522. The van der Waals surface area contributed by atoms with Crippen molar-refractivity contribution in [1.29, 1.82) is 0 Å². The third-order valence-electron chi connectivity index (χ3n) is 4.51. The van der Waals surface area contributed by atoms with Crippen LogP contribution in [0.2, 0.25) is 0 Å². The number of nitrogens with zero attached hydrogens (tertiary/aromatic N) is 4. The van der Waals surface area contributed by atoms with E-state index in [-0.39, 0.29) is 17.3 Å². The molecule has 0 unspecified atom stereocenters. The van der Waals surface area contributed by atoms with Gasteiger partial charge in [0, 0.05) is 24.4 Å². The molecule has 2 aromatic heterocycles. The fraction of sp³-hybridized carbons (Fsp3) is 0.294. The number of aromatic nitrogens is 4. The normalized spacial score (nSPS) is 17.4. The maximum atomic E-state index is 12.3. The van der Waals surface area contributed by atoms with Gasteiger partial charge in [-0.15, -0.1) is 11.3 Å². The molecule has 4 rings (SSSR count). The molecule has 0 saturated carbocycles. The van der Waals surface area contributed by atoms with E-state index in [1.54, 1.807) is 9.95 Å². The average molecular weight is 370 g/mol. The van der Waals surface area contributed by atoms with E-state index in [9.17, 15) is 9.59 Å². The van der Waals surface area contributed by atoms with Gasteiger partial charge in [-0.2, -0.15) is 5.10 Å². The van der Waals surface area contributed by atoms with Crippen LogP contribution in [0.4, 0.5) is 5.13 Å². The number of nitrogens with one attached hydrogen (secondary N) is 1. The second-order valence-electron chi connectivity index (χ2n) is 6.22. The molecule has 26 heavy (non-hydrogen) atoms. The molecule has 3 aromatic rings. The van der Waals surface area contributed by atoms with Gasteiger partial charge in [0.2, 0.25) is 0 Å². The Balaban J connectivity index is 1.63. The van der Waals surface area contributed by atoms with E-state index in [2.05, 4.69) is 20.1 Å². The topological polar surface area (TPSA) is 110 Å². The van der Waals surface area contributed by atoms with Gasteiger partial charge in [-0.05, 0) is 25.0 Å². The van der Waals surface area contributed by atoms with Crippen molar-refractivity contribution in [1.82, 2.24) is 19.7 Å². The summed E-state index contributed by atoms with van der Waals surface area (Å²) >= 11 is 1.40. The largest absolute Gasteiger partial charge is 0.364 e. The summed E-state index contributed by atoms with van der Waals surface area (Å²) < 4.78 is 1.63. The SMILES string of the molecule is NC(=O)c1csc(N2CCC[C@@H](c3n[nH]c(=O)n3-c3ccccc3)C2)n1. The molecule has 1 saturated heterocycles. The lowest BCUT2D eigenvalue weighted by atomic mass is 9.97. The van der Waals surface area contributed by atoms with Crippen LogP contribution in [0, 0.1) is 0 Å². The summed E-state index contributed by atoms with van der Waals surface area (Å²) in [5.74, 6) is 0.285. The molecule has 1 atom stereocenters. The zero-order valence-electron chi connectivity index (χ0n) is 14.0. The number of rotatable bonds is 4. The number of H-pyrrole nitrogens is 1. The van der Waals surface area contributed by atoms with Crippen LogP contribution in [-0.2, 0) is 0 Å². The first-order chi connectivity index (χ1) is 12.6. The van der Waals surface area contributed by atoms with Gasteiger partial charge in [0.1, 0.15) is 11.5 Å². The minimum Gasteiger partial charge on any atom is -0.364 e. The number of piperidine rings is 1. The third kappa shape index (κ3) is 3.01. The smallest absolute Gasteiger partial charge is 0.347 e. The number of carbonyl (C=O) groups excluding carboxylic acids is 1. The van der Waals surface area contributed by atoms with Crippen LogP contribution in [-0.4, -0.2) is 38.7 Å². The second kappa shape index (κ2) is 6.75. The Labute approximate surface area is 153 Å². The van der Waals surface area contributed by atoms with Crippen molar-refractivity contribution in [3.05, 3.63) is 57.7 Å². The highest BCUT2D eigenvalue weighted by molar-refractivity contribution is 7.13. The van der Waals surface area contributed by atoms with E-state index in [0.29, 0.717) is 6.54 Å². The lowest BCUT2D eigenvalue weighted by Gasteiger charge is -2.32. The number of para-hydroxylation sites is 1. The maximum absolute atomic E-state index is 12.3. The first-order valence-electron chi connectivity index (χ1n) is 8.36. The molecule has 134 valence electrons. The van der Waals surface area contributed by atoms with E-state index in [1.165, 1.54) is 11.3 Å². The van der Waals surface area contributed by atoms with Crippen molar-refractivity contribution in [3.63, 3.8) is 0 Å². The van der Waals surface area contributed by atoms with E-state index in [1.807, 2.05) is 30.3 Å². The van der Waals surface area contributed by atoms with Crippen molar-refractivity contribution in [2.24, 2.45) is 5.73 Å². The van der Waals surface area contributed by atoms with Crippen LogP contribution >= 0.6 is 11.3 Å². The van der Waals surface area contributed by atoms with E-state index in [0.717, 1.165) is 36.0 Å². The first-order valence-corrected chi connectivity index (χ1v) is 9.24. The summed E-state index contributed by atoms with van der Waals surface area (Å²) in [7, 11) is 0. The molecule has 1 aromatic carbocycles. The van der Waals surface area contributed by atoms with E-state index in [4.69, 9.17) is 5.73 Å². The average Bonchev–Trinajstić information content (AvgIpc) is 3.30. The quantitative estimate of drug-likeness (QED) is 0.723. The molecular weight excluding hydrogens is 352 g/mol. The maximum Gasteiger partial charge on any atom is 0.347 e. The zero-order valence-corrected chi connectivity index (χ0v) is 14.8. The fourth-order valence-corrected chi connectivity index (χ4v) is 4.15. The summed E-state index contributed by atoms with van der Waals surface area (Å²) in [6.07, 6.45) is 1.88. The van der Waals surface area contributed by atoms with Crippen molar-refractivity contribution in [2.45, 2.75) is 18.8 Å². The van der Waals surface area contributed by atoms with Crippen LogP contribution in [0.5, 0.6) is 0 Å². The minimum absolute atomic E-state index is 0.0869. The summed E-state index contributed by atoms with van der Waals surface area (Å²) in [6, 6.07) is 9.48. The highest BCUT2D eigenvalue weighted by atomic mass is 32.1. The number of thiazole rings is 1. The zero-order chi connectivity index (χ0) is 18.1. The highest BCUT2D eigenvalue weighted by Crippen LogP contribution is 2.31. The summed E-state index contributed by atoms with van der Waals surface area (Å²) in [5.41, 5.74) is 6.13. The summed E-state index contributed by atoms with van der Waals surface area (Å²) in [4.78, 5) is 30.0. The number of aromatic amines is 1. The van der Waals surface area contributed by atoms with E-state index < -0.39 is 5.91 Å². The van der Waals surface area contributed by atoms with Crippen LogP contribution in [0.1, 0.15) is 35.1 Å². The number of anilines is 1. The number of amides is 1. The number of nitrogens with two attached hydrogens (primary N) is 1. The molecule has 1 aliphatic rings. The Bertz CT molecular complexity index is 977. The first kappa shape index (κ1) is 16.5. The Hall–Kier alpha value is -2.94. The predicted octanol–water partition coefficient (Wildman–Crippen LogP) is 1.50. The Morgan fingerprint density at radius 3 is 2.85 bits per heavy atom. The highest BCUT2D eigenvalue weighted by Gasteiger charge is 2.28. The van der Waals surface area contributed by atoms with Crippen LogP contribution < -0.4 is 16.3 Å². The molecule has 1 amide bonds. The van der Waals surface area contributed by atoms with Crippen LogP contribution in [0.15, 0.2) is 40.5 Å². The lowest BCUT2D eigenvalue weighted by Crippen LogP contribution is -2.35. The molecule has 0 bridgehead atoms. The Kier molecular flexibility index (Phi) is 4.29. The number of hydrogen-bond acceptors (Lipinski definition) is 6. The molecule has 8 nitrogen and oxygen atoms in total. The number of benzene rings is 1. The summed E-state index contributed by atoms with van der Waals surface area (Å²) in [5, 5.41) is 9.30. The van der Waals surface area contributed by atoms with Crippen molar-refractivity contribution < 1.29 is 4.79 Å². The van der Waals surface area contributed by atoms with Gasteiger partial charge in [-0.25, -0.2) is 19.4 Å². The van der Waals surface area contributed by atoms with Gasteiger partial charge in [0.25, 0.3) is 5.91 Å². The molecular formula is C17H18N6O2S. The standard InChI is InChI=1S/C17H18N6O2S/c18-14(24)13-10-26-17(19-13)22-8-4-5-11(9-22)15-20-21-16(25)23(15)12-6-2-1-3-7-12/h1-3,6-7,10-11H,4-5,8-9H2,(H2,18,24)(H,21,25)/t11-/m1/s1. The Morgan fingerprint density at radius 1 is 1.31 bits per heavy atom. The monoisotopic (exact) mass is 370 g/mol. The van der Waals surface area contributed by atoms with Gasteiger partial charge >= 0.3 is 5.69 Å². The van der Waals surface area contributed by atoms with Gasteiger partial charge in [-0.3, -0.25) is 4.79 Å². The molecule has 9 heteroatoms. The molecule has 3 N–H and O–H groups in total. The van der Waals surface area contributed by atoms with Crippen molar-refractivity contribution in [2.75, 3.05) is 18.0 Å². The molecule has 0 spiro atoms. The van der Waals surface area contributed by atoms with Gasteiger partial charge in [-0.1, -0.05) is 18.2 Å². The lowest BCUT2D eigenvalue weighted by molar-refractivity contribution is 0.0996. The van der Waals surface area contributed by atoms with Crippen LogP contribution in [0.25, 0.3) is 5.69 Å². The number of hydrogen-bond donors (Lipinski definition) is 2. The number of carbonyl (C=O) groups is 1. The third-order valence-corrected chi connectivity index (χ3v) is 5.42. The van der Waals surface area contributed by atoms with Crippen LogP contribution in [0.3, 0.4) is 0 Å². The van der Waals surface area contributed by atoms with Gasteiger partial charge in [0.05, 0.1) is 5.69 Å². The molecule has 1 fully saturated rings. The molecule has 3 heterocycles. The number of primary amides is 1. The molecule has 0 aliphatic carbocycles.